The van der Waals surface area contributed by atoms with Crippen molar-refractivity contribution in [3.8, 4) is 5.75 Å². The van der Waals surface area contributed by atoms with Gasteiger partial charge in [0.1, 0.15) is 5.75 Å². The Bertz CT molecular complexity index is 809. The molecule has 3 N–H and O–H groups in total. The molecule has 0 aromatic heterocycles. The Morgan fingerprint density at radius 2 is 2.12 bits per heavy atom. The molecule has 1 aromatic carbocycles. The molecule has 0 heterocycles. The van der Waals surface area contributed by atoms with E-state index in [0.29, 0.717) is 24.2 Å². The van der Waals surface area contributed by atoms with Gasteiger partial charge < -0.3 is 9.29 Å². The fraction of sp³-hybridized carbons (Fsp3) is 0.667. The van der Waals surface area contributed by atoms with Gasteiger partial charge in [-0.2, -0.15) is 13.6 Å². The molecule has 0 bridgehead atoms. The van der Waals surface area contributed by atoms with Crippen LogP contribution in [0, 0.1) is 17.3 Å². The van der Waals surface area contributed by atoms with E-state index in [1.165, 1.54) is 5.56 Å². The SMILES string of the molecule is [2H][C@]1(O)CC[C@H]2[C@@H]3CCc4cc(OS(N)(=O)=O)ccc4[C@H]3CC[C@@]21C. The van der Waals surface area contributed by atoms with Crippen molar-refractivity contribution in [3.05, 3.63) is 29.3 Å². The monoisotopic (exact) mass is 352 g/mol. The average Bonchev–Trinajstić information content (AvgIpc) is 2.75. The molecule has 0 unspecified atom stereocenters. The van der Waals surface area contributed by atoms with Crippen molar-refractivity contribution in [2.75, 3.05) is 0 Å². The minimum Gasteiger partial charge on any atom is -0.393 e. The quantitative estimate of drug-likeness (QED) is 0.856. The fourth-order valence-corrected chi connectivity index (χ4v) is 5.91. The van der Waals surface area contributed by atoms with Crippen LogP contribution < -0.4 is 9.32 Å². The number of hydrogen-bond donors (Lipinski definition) is 2. The molecule has 6 heteroatoms. The van der Waals surface area contributed by atoms with E-state index in [0.717, 1.165) is 37.7 Å². The second kappa shape index (κ2) is 5.44. The Morgan fingerprint density at radius 1 is 1.33 bits per heavy atom. The van der Waals surface area contributed by atoms with Crippen molar-refractivity contribution < 1.29 is 19.1 Å². The fourth-order valence-electron chi connectivity index (χ4n) is 5.53. The minimum absolute atomic E-state index is 0.266. The van der Waals surface area contributed by atoms with Crippen LogP contribution in [-0.2, 0) is 16.7 Å². The predicted molar refractivity (Wildman–Crippen MR) is 90.8 cm³/mol. The Morgan fingerprint density at radius 3 is 2.88 bits per heavy atom. The summed E-state index contributed by atoms with van der Waals surface area (Å²) in [4.78, 5) is 0. The van der Waals surface area contributed by atoms with Crippen LogP contribution in [0.5, 0.6) is 5.75 Å². The third kappa shape index (κ3) is 2.55. The first-order valence-corrected chi connectivity index (χ1v) is 10.2. The molecular formula is C18H25NO4S. The molecule has 0 spiro atoms. The first-order valence-electron chi connectivity index (χ1n) is 9.18. The van der Waals surface area contributed by atoms with Crippen molar-refractivity contribution in [2.24, 2.45) is 22.4 Å². The molecule has 0 aliphatic heterocycles. The van der Waals surface area contributed by atoms with Crippen LogP contribution in [0.2, 0.25) is 0 Å². The van der Waals surface area contributed by atoms with E-state index in [9.17, 15) is 13.5 Å². The van der Waals surface area contributed by atoms with E-state index < -0.39 is 16.4 Å². The summed E-state index contributed by atoms with van der Waals surface area (Å²) in [5, 5.41) is 15.5. The van der Waals surface area contributed by atoms with Crippen molar-refractivity contribution in [3.63, 3.8) is 0 Å². The molecule has 5 atom stereocenters. The number of fused-ring (bicyclic) bond motifs is 5. The third-order valence-electron chi connectivity index (χ3n) is 6.65. The largest absolute Gasteiger partial charge is 0.393 e. The highest BCUT2D eigenvalue weighted by atomic mass is 32.2. The molecule has 5 nitrogen and oxygen atoms in total. The van der Waals surface area contributed by atoms with Crippen LogP contribution in [0.4, 0.5) is 0 Å². The van der Waals surface area contributed by atoms with Gasteiger partial charge >= 0.3 is 10.3 Å². The highest BCUT2D eigenvalue weighted by molar-refractivity contribution is 7.84. The Balaban J connectivity index is 1.64. The van der Waals surface area contributed by atoms with Crippen molar-refractivity contribution in [1.29, 1.82) is 0 Å². The Kier molecular flexibility index (Phi) is 3.44. The average molecular weight is 352 g/mol. The third-order valence-corrected chi connectivity index (χ3v) is 7.08. The maximum atomic E-state index is 11.1. The number of rotatable bonds is 2. The van der Waals surface area contributed by atoms with E-state index in [-0.39, 0.29) is 11.2 Å². The van der Waals surface area contributed by atoms with Gasteiger partial charge in [-0.05, 0) is 85.0 Å². The number of benzene rings is 1. The molecule has 4 rings (SSSR count). The zero-order chi connectivity index (χ0) is 18.0. The summed E-state index contributed by atoms with van der Waals surface area (Å²) in [6, 6.07) is 5.44. The minimum atomic E-state index is -4.01. The molecule has 132 valence electrons. The maximum absolute atomic E-state index is 11.1. The molecule has 24 heavy (non-hydrogen) atoms. The smallest absolute Gasteiger partial charge is 0.380 e. The van der Waals surface area contributed by atoms with Crippen LogP contribution in [0.1, 0.15) is 57.4 Å². The summed E-state index contributed by atoms with van der Waals surface area (Å²) < 4.78 is 35.4. The summed E-state index contributed by atoms with van der Waals surface area (Å²) in [5.41, 5.74) is 2.08. The molecule has 0 amide bonds. The molecule has 0 radical (unpaired) electrons. The van der Waals surface area contributed by atoms with Crippen molar-refractivity contribution in [1.82, 2.24) is 0 Å². The Labute approximate surface area is 144 Å². The highest BCUT2D eigenvalue weighted by Gasteiger charge is 2.54. The van der Waals surface area contributed by atoms with Crippen LogP contribution >= 0.6 is 0 Å². The lowest BCUT2D eigenvalue weighted by Crippen LogP contribution is -2.43. The number of nitrogens with two attached hydrogens (primary N) is 1. The van der Waals surface area contributed by atoms with Crippen molar-refractivity contribution in [2.45, 2.75) is 57.4 Å². The van der Waals surface area contributed by atoms with Crippen LogP contribution in [0.25, 0.3) is 0 Å². The van der Waals surface area contributed by atoms with E-state index in [4.69, 9.17) is 10.7 Å². The maximum Gasteiger partial charge on any atom is 0.380 e. The first-order chi connectivity index (χ1) is 11.6. The summed E-state index contributed by atoms with van der Waals surface area (Å²) in [6.45, 7) is 2.09. The van der Waals surface area contributed by atoms with Gasteiger partial charge in [0.25, 0.3) is 0 Å². The van der Waals surface area contributed by atoms with Crippen molar-refractivity contribution >= 4 is 10.3 Å². The van der Waals surface area contributed by atoms with E-state index in [1.54, 1.807) is 12.1 Å². The zero-order valence-electron chi connectivity index (χ0n) is 14.9. The van der Waals surface area contributed by atoms with E-state index in [1.807, 2.05) is 6.07 Å². The van der Waals surface area contributed by atoms with Gasteiger partial charge in [-0.25, -0.2) is 0 Å². The molecule has 0 saturated heterocycles. The lowest BCUT2D eigenvalue weighted by atomic mass is 9.55. The van der Waals surface area contributed by atoms with Gasteiger partial charge in [0.2, 0.25) is 0 Å². The predicted octanol–water partition coefficient (Wildman–Crippen LogP) is 2.49. The van der Waals surface area contributed by atoms with E-state index in [2.05, 4.69) is 6.92 Å². The van der Waals surface area contributed by atoms with Gasteiger partial charge in [0.05, 0.1) is 7.45 Å². The van der Waals surface area contributed by atoms with Crippen LogP contribution in [0.15, 0.2) is 18.2 Å². The number of aliphatic hydroxyl groups is 1. The van der Waals surface area contributed by atoms with Crippen LogP contribution in [-0.4, -0.2) is 19.6 Å². The van der Waals surface area contributed by atoms with Gasteiger partial charge in [0.15, 0.2) is 0 Å². The Hall–Kier alpha value is -1.11. The molecule has 3 aliphatic rings. The number of aryl methyl sites for hydroxylation is 1. The molecule has 3 aliphatic carbocycles. The standard InChI is InChI=1S/C18H25NO4S/c1-18-9-8-14-13-5-3-12(23-24(19,21)22)10-11(13)2-4-15(14)16(18)6-7-17(18)20/h3,5,10,14-17,20H,2,4,6-9H2,1H3,(H2,19,21,22)/t14-,15-,16+,17+,18+/m1/s1/i17D. The highest BCUT2D eigenvalue weighted by Crippen LogP contribution is 2.60. The van der Waals surface area contributed by atoms with E-state index >= 15 is 0 Å². The van der Waals surface area contributed by atoms with Crippen LogP contribution in [0.3, 0.4) is 0 Å². The lowest BCUT2D eigenvalue weighted by molar-refractivity contribution is -0.0226. The first kappa shape index (κ1) is 15.2. The molecule has 2 saturated carbocycles. The van der Waals surface area contributed by atoms with Gasteiger partial charge in [0, 0.05) is 0 Å². The number of hydrogen-bond acceptors (Lipinski definition) is 4. The summed E-state index contributed by atoms with van der Waals surface area (Å²) in [7, 11) is -4.01. The summed E-state index contributed by atoms with van der Waals surface area (Å²) in [6.07, 6.45) is 3.85. The molecule has 2 fully saturated rings. The molecular weight excluding hydrogens is 326 g/mol. The second-order valence-electron chi connectivity index (χ2n) is 7.79. The van der Waals surface area contributed by atoms with Gasteiger partial charge in [-0.15, -0.1) is 0 Å². The second-order valence-corrected chi connectivity index (χ2v) is 8.95. The molecule has 1 aromatic rings. The summed E-state index contributed by atoms with van der Waals surface area (Å²) >= 11 is 0. The van der Waals surface area contributed by atoms with Gasteiger partial charge in [-0.3, -0.25) is 0 Å². The summed E-state index contributed by atoms with van der Waals surface area (Å²) in [5.74, 6) is 1.54. The lowest BCUT2D eigenvalue weighted by Gasteiger charge is -2.50. The van der Waals surface area contributed by atoms with Gasteiger partial charge in [-0.1, -0.05) is 13.0 Å². The zero-order valence-corrected chi connectivity index (χ0v) is 14.7. The topological polar surface area (TPSA) is 89.6 Å². The normalized spacial score (nSPS) is 41.8.